The minimum Gasteiger partial charge on any atom is -0.349 e. The zero-order valence-corrected chi connectivity index (χ0v) is 9.91. The summed E-state index contributed by atoms with van der Waals surface area (Å²) in [6.45, 7) is 3.19. The van der Waals surface area contributed by atoms with E-state index in [1.807, 2.05) is 31.2 Å². The predicted molar refractivity (Wildman–Crippen MR) is 68.5 cm³/mol. The lowest BCUT2D eigenvalue weighted by Gasteiger charge is -2.08. The van der Waals surface area contributed by atoms with E-state index in [2.05, 4.69) is 15.4 Å². The van der Waals surface area contributed by atoms with Gasteiger partial charge in [-0.25, -0.2) is 15.1 Å². The molecule has 1 aliphatic rings. The minimum atomic E-state index is -0.720. The number of para-hydroxylation sites is 1. The average Bonchev–Trinajstić information content (AvgIpc) is 2.75. The van der Waals surface area contributed by atoms with Crippen LogP contribution in [0.25, 0.3) is 0 Å². The first-order valence-corrected chi connectivity index (χ1v) is 5.50. The van der Waals surface area contributed by atoms with Crippen molar-refractivity contribution in [2.75, 3.05) is 13.1 Å². The van der Waals surface area contributed by atoms with Gasteiger partial charge >= 0.3 is 0 Å². The van der Waals surface area contributed by atoms with E-state index in [0.29, 0.717) is 13.1 Å². The molecular weight excluding hydrogens is 234 g/mol. The Balaban J connectivity index is 2.14. The highest BCUT2D eigenvalue weighted by atomic mass is 16.7. The topological polar surface area (TPSA) is 83.1 Å². The molecule has 1 aromatic carbocycles. The van der Waals surface area contributed by atoms with Gasteiger partial charge in [0.15, 0.2) is 5.03 Å². The van der Waals surface area contributed by atoms with E-state index in [4.69, 9.17) is 0 Å². The van der Waals surface area contributed by atoms with Gasteiger partial charge in [-0.05, 0) is 18.6 Å². The van der Waals surface area contributed by atoms with Gasteiger partial charge < -0.3 is 5.32 Å². The summed E-state index contributed by atoms with van der Waals surface area (Å²) in [5.41, 5.74) is 1.89. The molecule has 2 rings (SSSR count). The number of hydrazone groups is 1. The Bertz CT molecular complexity index is 512. The van der Waals surface area contributed by atoms with Gasteiger partial charge in [-0.15, -0.1) is 0 Å². The van der Waals surface area contributed by atoms with Gasteiger partial charge in [-0.3, -0.25) is 4.90 Å². The Kier molecular flexibility index (Phi) is 3.52. The molecule has 0 saturated carbocycles. The smallest absolute Gasteiger partial charge is 0.276 e. The third-order valence-corrected chi connectivity index (χ3v) is 2.54. The maximum atomic E-state index is 10.3. The second-order valence-corrected chi connectivity index (χ2v) is 3.81. The molecule has 1 N–H and O–H groups in total. The third-order valence-electron chi connectivity index (χ3n) is 2.54. The summed E-state index contributed by atoms with van der Waals surface area (Å²) in [6.07, 6.45) is 1.56. The largest absolute Gasteiger partial charge is 0.349 e. The number of nitrogens with one attached hydrogen (secondary N) is 1. The number of nitro groups is 1. The quantitative estimate of drug-likeness (QED) is 0.375. The molecule has 18 heavy (non-hydrogen) atoms. The molecule has 0 aromatic heterocycles. The Morgan fingerprint density at radius 3 is 3.00 bits per heavy atom. The average molecular weight is 247 g/mol. The highest BCUT2D eigenvalue weighted by Gasteiger charge is 2.19. The zero-order valence-electron chi connectivity index (χ0n) is 9.91. The molecule has 1 fully saturated rings. The molecule has 7 heteroatoms. The number of aryl methyl sites for hydroxylation is 1. The highest BCUT2D eigenvalue weighted by molar-refractivity contribution is 5.92. The van der Waals surface area contributed by atoms with Crippen molar-refractivity contribution in [3.63, 3.8) is 0 Å². The summed E-state index contributed by atoms with van der Waals surface area (Å²) < 4.78 is 0. The van der Waals surface area contributed by atoms with Crippen LogP contribution >= 0.6 is 0 Å². The number of rotatable bonds is 3. The minimum absolute atomic E-state index is 0.220. The van der Waals surface area contributed by atoms with Crippen molar-refractivity contribution in [3.8, 4) is 0 Å². The van der Waals surface area contributed by atoms with Gasteiger partial charge in [0.2, 0.25) is 0 Å². The first-order chi connectivity index (χ1) is 8.66. The maximum Gasteiger partial charge on any atom is 0.276 e. The second-order valence-electron chi connectivity index (χ2n) is 3.81. The van der Waals surface area contributed by atoms with Crippen molar-refractivity contribution in [3.05, 3.63) is 39.9 Å². The lowest BCUT2D eigenvalue weighted by molar-refractivity contribution is -0.485. The van der Waals surface area contributed by atoms with Gasteiger partial charge in [0.1, 0.15) is 5.10 Å². The van der Waals surface area contributed by atoms with Crippen molar-refractivity contribution < 1.29 is 5.03 Å². The van der Waals surface area contributed by atoms with E-state index in [9.17, 15) is 10.1 Å². The lowest BCUT2D eigenvalue weighted by atomic mass is 10.2. The predicted octanol–water partition coefficient (Wildman–Crippen LogP) is 1.11. The molecule has 0 unspecified atom stereocenters. The van der Waals surface area contributed by atoms with Crippen LogP contribution in [0, 0.1) is 17.0 Å². The normalized spacial score (nSPS) is 17.4. The summed E-state index contributed by atoms with van der Waals surface area (Å²) >= 11 is 0. The Labute approximate surface area is 104 Å². The molecule has 0 atom stereocenters. The molecule has 94 valence electrons. The van der Waals surface area contributed by atoms with Gasteiger partial charge in [-0.1, -0.05) is 18.2 Å². The summed E-state index contributed by atoms with van der Waals surface area (Å²) in [5, 5.41) is 15.7. The van der Waals surface area contributed by atoms with Crippen molar-refractivity contribution in [1.82, 2.24) is 10.2 Å². The van der Waals surface area contributed by atoms with Crippen molar-refractivity contribution in [2.45, 2.75) is 6.92 Å². The van der Waals surface area contributed by atoms with Crippen LogP contribution in [0.1, 0.15) is 5.56 Å². The van der Waals surface area contributed by atoms with Gasteiger partial charge in [0, 0.05) is 13.1 Å². The number of aliphatic imine (C=N–C) groups is 1. The van der Waals surface area contributed by atoms with E-state index >= 15 is 0 Å². The molecule has 0 amide bonds. The zero-order chi connectivity index (χ0) is 13.0. The standard InChI is InChI=1S/C11H13N5O2/c1-9-4-2-3-5-10(9)13-8-15-7-6-12-11(15)14-16(17)18/h2-5,8H,6-7H2,1H3,(H,12,14)/b13-8+. The molecule has 1 saturated heterocycles. The summed E-state index contributed by atoms with van der Waals surface area (Å²) in [5.74, 6) is 0.220. The molecule has 0 aliphatic carbocycles. The maximum absolute atomic E-state index is 10.3. The molecule has 1 aliphatic heterocycles. The van der Waals surface area contributed by atoms with Crippen LogP contribution in [0.5, 0.6) is 0 Å². The molecule has 1 aromatic rings. The van der Waals surface area contributed by atoms with Crippen LogP contribution in [-0.2, 0) is 0 Å². The number of hydrogen-bond acceptors (Lipinski definition) is 3. The fourth-order valence-corrected chi connectivity index (χ4v) is 1.62. The van der Waals surface area contributed by atoms with E-state index in [-0.39, 0.29) is 5.96 Å². The van der Waals surface area contributed by atoms with E-state index in [1.165, 1.54) is 0 Å². The lowest BCUT2D eigenvalue weighted by Crippen LogP contribution is -2.29. The van der Waals surface area contributed by atoms with Crippen LogP contribution in [-0.4, -0.2) is 35.3 Å². The first kappa shape index (κ1) is 12.0. The van der Waals surface area contributed by atoms with Gasteiger partial charge in [0.05, 0.1) is 12.0 Å². The molecule has 1 heterocycles. The molecule has 0 spiro atoms. The number of benzene rings is 1. The second kappa shape index (κ2) is 5.26. The molecule has 0 bridgehead atoms. The van der Waals surface area contributed by atoms with Crippen LogP contribution in [0.15, 0.2) is 34.4 Å². The molecule has 0 radical (unpaired) electrons. The summed E-state index contributed by atoms with van der Waals surface area (Å²) in [7, 11) is 0. The first-order valence-electron chi connectivity index (χ1n) is 5.50. The Hall–Kier alpha value is -2.44. The highest BCUT2D eigenvalue weighted by Crippen LogP contribution is 2.16. The Morgan fingerprint density at radius 2 is 2.28 bits per heavy atom. The van der Waals surface area contributed by atoms with Gasteiger partial charge in [-0.2, -0.15) is 0 Å². The SMILES string of the molecule is Cc1ccccc1/N=C/N1CCN/C1=N\[N+](=O)[O-]. The van der Waals surface area contributed by atoms with E-state index in [1.54, 1.807) is 11.2 Å². The van der Waals surface area contributed by atoms with Crippen LogP contribution < -0.4 is 5.32 Å². The van der Waals surface area contributed by atoms with Crippen molar-refractivity contribution >= 4 is 18.0 Å². The third kappa shape index (κ3) is 2.82. The fourth-order valence-electron chi connectivity index (χ4n) is 1.62. The Morgan fingerprint density at radius 1 is 1.50 bits per heavy atom. The fraction of sp³-hybridized carbons (Fsp3) is 0.273. The number of nitrogens with zero attached hydrogens (tertiary/aromatic N) is 4. The summed E-state index contributed by atoms with van der Waals surface area (Å²) in [4.78, 5) is 16.3. The number of hydrogen-bond donors (Lipinski definition) is 1. The van der Waals surface area contributed by atoms with Crippen LogP contribution in [0.2, 0.25) is 0 Å². The van der Waals surface area contributed by atoms with Crippen molar-refractivity contribution in [1.29, 1.82) is 0 Å². The molecular formula is C11H13N5O2. The van der Waals surface area contributed by atoms with Crippen molar-refractivity contribution in [2.24, 2.45) is 10.1 Å². The number of guanidine groups is 1. The van der Waals surface area contributed by atoms with E-state index in [0.717, 1.165) is 11.3 Å². The summed E-state index contributed by atoms with van der Waals surface area (Å²) in [6, 6.07) is 7.68. The monoisotopic (exact) mass is 247 g/mol. The van der Waals surface area contributed by atoms with Crippen LogP contribution in [0.3, 0.4) is 0 Å². The molecule has 7 nitrogen and oxygen atoms in total. The van der Waals surface area contributed by atoms with Gasteiger partial charge in [0.25, 0.3) is 5.96 Å². The van der Waals surface area contributed by atoms with E-state index < -0.39 is 5.03 Å². The van der Waals surface area contributed by atoms with Crippen LogP contribution in [0.4, 0.5) is 5.69 Å².